The minimum atomic E-state index is -0.728. The molecule has 1 amide bonds. The van der Waals surface area contributed by atoms with Crippen molar-refractivity contribution in [2.75, 3.05) is 4.90 Å². The number of rotatable bonds is 5. The van der Waals surface area contributed by atoms with E-state index in [0.717, 1.165) is 53.7 Å². The standard InChI is InChI=1S/C32H30N6O2S/c1-20-17-24(22-11-14-34-15-12-22)18-21(2)28(20)41-30-27-26(13-16-37(27)6)35-29(36-30)23-7-9-25(10-8-23)38(19-33)31(39)40-32(3,4)5/h7-18H,1-6H3. The SMILES string of the molecule is Cc1cc(-c2ccncc2)cc(C)c1Sc1nc(-c2ccc(N(C#N)C(=O)OC(C)(C)C)cc2)nc2ccn(C)c12. The lowest BCUT2D eigenvalue weighted by Crippen LogP contribution is -2.33. The van der Waals surface area contributed by atoms with Crippen LogP contribution in [0, 0.1) is 25.3 Å². The first kappa shape index (κ1) is 27.9. The van der Waals surface area contributed by atoms with Crippen molar-refractivity contribution >= 4 is 34.6 Å². The molecule has 0 aliphatic carbocycles. The Kier molecular flexibility index (Phi) is 7.52. The Morgan fingerprint density at radius 3 is 2.22 bits per heavy atom. The van der Waals surface area contributed by atoms with Crippen LogP contribution < -0.4 is 4.90 Å². The molecule has 0 unspecified atom stereocenters. The second-order valence-corrected chi connectivity index (χ2v) is 11.8. The van der Waals surface area contributed by atoms with Crippen molar-refractivity contribution in [1.29, 1.82) is 5.26 Å². The van der Waals surface area contributed by atoms with Gasteiger partial charge in [0.05, 0.1) is 16.7 Å². The number of carbonyl (C=O) groups excluding carboxylic acids is 1. The molecule has 3 aromatic heterocycles. The summed E-state index contributed by atoms with van der Waals surface area (Å²) in [6.07, 6.45) is 6.77. The number of carbonyl (C=O) groups is 1. The molecule has 2 aromatic carbocycles. The van der Waals surface area contributed by atoms with E-state index in [-0.39, 0.29) is 0 Å². The van der Waals surface area contributed by atoms with Gasteiger partial charge in [-0.2, -0.15) is 10.2 Å². The first-order chi connectivity index (χ1) is 19.5. The van der Waals surface area contributed by atoms with Crippen molar-refractivity contribution in [3.8, 4) is 28.7 Å². The highest BCUT2D eigenvalue weighted by atomic mass is 32.2. The molecule has 0 saturated carbocycles. The van der Waals surface area contributed by atoms with Gasteiger partial charge in [0.15, 0.2) is 12.0 Å². The molecule has 0 bridgehead atoms. The molecule has 5 rings (SSSR count). The van der Waals surface area contributed by atoms with Crippen LogP contribution in [0.3, 0.4) is 0 Å². The van der Waals surface area contributed by atoms with Crippen LogP contribution in [0.2, 0.25) is 0 Å². The zero-order valence-electron chi connectivity index (χ0n) is 23.8. The number of benzene rings is 2. The van der Waals surface area contributed by atoms with Crippen LogP contribution in [-0.4, -0.2) is 31.2 Å². The summed E-state index contributed by atoms with van der Waals surface area (Å²) in [5, 5.41) is 10.4. The van der Waals surface area contributed by atoms with Crippen LogP contribution in [0.1, 0.15) is 31.9 Å². The van der Waals surface area contributed by atoms with Crippen LogP contribution in [0.5, 0.6) is 0 Å². The topological polar surface area (TPSA) is 96.9 Å². The average Bonchev–Trinajstić information content (AvgIpc) is 3.31. The summed E-state index contributed by atoms with van der Waals surface area (Å²) in [7, 11) is 1.99. The van der Waals surface area contributed by atoms with Gasteiger partial charge in [0.2, 0.25) is 0 Å². The van der Waals surface area contributed by atoms with Gasteiger partial charge in [0.25, 0.3) is 0 Å². The number of anilines is 1. The second-order valence-electron chi connectivity index (χ2n) is 10.8. The summed E-state index contributed by atoms with van der Waals surface area (Å²) in [6.45, 7) is 9.51. The van der Waals surface area contributed by atoms with Gasteiger partial charge in [-0.25, -0.2) is 14.8 Å². The number of fused-ring (bicyclic) bond motifs is 1. The van der Waals surface area contributed by atoms with Crippen molar-refractivity contribution in [3.63, 3.8) is 0 Å². The van der Waals surface area contributed by atoms with Crippen molar-refractivity contribution in [2.24, 2.45) is 7.05 Å². The summed E-state index contributed by atoms with van der Waals surface area (Å²) in [5.41, 5.74) is 6.84. The summed E-state index contributed by atoms with van der Waals surface area (Å²) >= 11 is 1.63. The van der Waals surface area contributed by atoms with E-state index in [1.54, 1.807) is 57.1 Å². The number of nitriles is 1. The fourth-order valence-electron chi connectivity index (χ4n) is 4.55. The molecule has 0 atom stereocenters. The van der Waals surface area contributed by atoms with E-state index in [1.807, 2.05) is 54.3 Å². The van der Waals surface area contributed by atoms with E-state index in [9.17, 15) is 10.1 Å². The molecule has 0 aliphatic heterocycles. The maximum absolute atomic E-state index is 12.5. The predicted octanol–water partition coefficient (Wildman–Crippen LogP) is 7.69. The third-order valence-electron chi connectivity index (χ3n) is 6.42. The summed E-state index contributed by atoms with van der Waals surface area (Å²) < 4.78 is 7.40. The minimum Gasteiger partial charge on any atom is -0.443 e. The van der Waals surface area contributed by atoms with E-state index in [2.05, 4.69) is 31.0 Å². The fraction of sp³-hybridized carbons (Fsp3) is 0.219. The summed E-state index contributed by atoms with van der Waals surface area (Å²) in [4.78, 5) is 28.5. The molecule has 9 heteroatoms. The number of aryl methyl sites for hydroxylation is 3. The zero-order chi connectivity index (χ0) is 29.3. The minimum absolute atomic E-state index is 0.404. The third kappa shape index (κ3) is 5.93. The quantitative estimate of drug-likeness (QED) is 0.123. The molecule has 3 heterocycles. The highest BCUT2D eigenvalue weighted by Crippen LogP contribution is 2.39. The summed E-state index contributed by atoms with van der Waals surface area (Å²) in [5.74, 6) is 0.558. The number of amides is 1. The molecule has 41 heavy (non-hydrogen) atoms. The van der Waals surface area contributed by atoms with E-state index >= 15 is 0 Å². The van der Waals surface area contributed by atoms with Gasteiger partial charge in [-0.1, -0.05) is 23.9 Å². The Hall–Kier alpha value is -4.68. The van der Waals surface area contributed by atoms with E-state index < -0.39 is 11.7 Å². The largest absolute Gasteiger partial charge is 0.443 e. The van der Waals surface area contributed by atoms with E-state index in [4.69, 9.17) is 14.7 Å². The Morgan fingerprint density at radius 1 is 0.951 bits per heavy atom. The third-order valence-corrected chi connectivity index (χ3v) is 7.75. The van der Waals surface area contributed by atoms with E-state index in [1.165, 1.54) is 0 Å². The van der Waals surface area contributed by atoms with Gasteiger partial charge in [0.1, 0.15) is 10.6 Å². The van der Waals surface area contributed by atoms with Crippen LogP contribution in [-0.2, 0) is 11.8 Å². The first-order valence-corrected chi connectivity index (χ1v) is 13.9. The molecule has 0 aliphatic rings. The normalized spacial score (nSPS) is 11.3. The van der Waals surface area contributed by atoms with Crippen molar-refractivity contribution in [1.82, 2.24) is 19.5 Å². The zero-order valence-corrected chi connectivity index (χ0v) is 24.7. The first-order valence-electron chi connectivity index (χ1n) is 13.1. The van der Waals surface area contributed by atoms with Gasteiger partial charge in [-0.15, -0.1) is 0 Å². The highest BCUT2D eigenvalue weighted by Gasteiger charge is 2.24. The van der Waals surface area contributed by atoms with Crippen LogP contribution >= 0.6 is 11.8 Å². The average molecular weight is 563 g/mol. The van der Waals surface area contributed by atoms with Crippen LogP contribution in [0.4, 0.5) is 10.5 Å². The molecule has 0 fully saturated rings. The van der Waals surface area contributed by atoms with Crippen molar-refractivity contribution in [2.45, 2.75) is 50.1 Å². The van der Waals surface area contributed by atoms with Crippen molar-refractivity contribution in [3.05, 3.63) is 84.3 Å². The molecule has 206 valence electrons. The number of hydrogen-bond acceptors (Lipinski definition) is 7. The fourth-order valence-corrected chi connectivity index (χ4v) is 5.66. The van der Waals surface area contributed by atoms with Gasteiger partial charge in [0, 0.05) is 36.1 Å². The number of ether oxygens (including phenoxy) is 1. The molecule has 8 nitrogen and oxygen atoms in total. The van der Waals surface area contributed by atoms with Gasteiger partial charge in [-0.3, -0.25) is 4.98 Å². The Balaban J connectivity index is 1.50. The number of nitrogens with zero attached hydrogens (tertiary/aromatic N) is 6. The van der Waals surface area contributed by atoms with Gasteiger partial charge < -0.3 is 9.30 Å². The second kappa shape index (κ2) is 11.1. The molecule has 0 radical (unpaired) electrons. The number of hydrogen-bond donors (Lipinski definition) is 0. The molecule has 0 N–H and O–H groups in total. The maximum atomic E-state index is 12.5. The Bertz CT molecular complexity index is 1760. The lowest BCUT2D eigenvalue weighted by atomic mass is 10.0. The Morgan fingerprint density at radius 2 is 1.61 bits per heavy atom. The lowest BCUT2D eigenvalue weighted by Gasteiger charge is -2.22. The predicted molar refractivity (Wildman–Crippen MR) is 162 cm³/mol. The monoisotopic (exact) mass is 562 g/mol. The molecule has 5 aromatic rings. The van der Waals surface area contributed by atoms with Crippen molar-refractivity contribution < 1.29 is 9.53 Å². The lowest BCUT2D eigenvalue weighted by molar-refractivity contribution is 0.0599. The Labute approximate surface area is 243 Å². The van der Waals surface area contributed by atoms with Crippen LogP contribution in [0.25, 0.3) is 33.5 Å². The molecular formula is C32H30N6O2S. The summed E-state index contributed by atoms with van der Waals surface area (Å²) in [6, 6.07) is 17.4. The molecule has 0 saturated heterocycles. The maximum Gasteiger partial charge on any atom is 0.428 e. The smallest absolute Gasteiger partial charge is 0.428 e. The molecule has 0 spiro atoms. The number of pyridine rings is 1. The number of aromatic nitrogens is 4. The van der Waals surface area contributed by atoms with Crippen LogP contribution in [0.15, 0.2) is 83.1 Å². The highest BCUT2D eigenvalue weighted by molar-refractivity contribution is 7.99. The van der Waals surface area contributed by atoms with Gasteiger partial charge >= 0.3 is 6.09 Å². The van der Waals surface area contributed by atoms with E-state index in [0.29, 0.717) is 11.5 Å². The molecular weight excluding hydrogens is 532 g/mol. The van der Waals surface area contributed by atoms with Gasteiger partial charge in [-0.05, 0) is 99.3 Å².